The molecule has 0 bridgehead atoms. The number of hydrogen-bond donors (Lipinski definition) is 1. The van der Waals surface area contributed by atoms with E-state index in [1.165, 1.54) is 11.8 Å². The second-order valence-electron chi connectivity index (χ2n) is 3.46. The first-order valence-corrected chi connectivity index (χ1v) is 6.19. The first-order valence-electron chi connectivity index (χ1n) is 5.37. The van der Waals surface area contributed by atoms with Gasteiger partial charge in [0.05, 0.1) is 17.9 Å². The average Bonchev–Trinajstić information content (AvgIpc) is 2.28. The van der Waals surface area contributed by atoms with Gasteiger partial charge in [-0.25, -0.2) is 4.79 Å². The Morgan fingerprint density at radius 3 is 2.78 bits per heavy atom. The number of carboxylic acids is 1. The maximum atomic E-state index is 11.4. The van der Waals surface area contributed by atoms with E-state index < -0.39 is 11.9 Å². The molecule has 0 spiro atoms. The molecule has 1 aromatic rings. The van der Waals surface area contributed by atoms with Crippen LogP contribution in [0.3, 0.4) is 0 Å². The predicted octanol–water partition coefficient (Wildman–Crippen LogP) is 2.48. The topological polar surface area (TPSA) is 63.6 Å². The summed E-state index contributed by atoms with van der Waals surface area (Å²) in [6, 6.07) is 6.99. The molecule has 5 heteroatoms. The molecular formula is C13H14O4S. The summed E-state index contributed by atoms with van der Waals surface area (Å²) >= 11 is 1.17. The number of carbonyl (C=O) groups is 2. The molecule has 0 saturated carbocycles. The Hall–Kier alpha value is -1.75. The Morgan fingerprint density at radius 1 is 1.44 bits per heavy atom. The van der Waals surface area contributed by atoms with Crippen LogP contribution in [0.4, 0.5) is 0 Å². The van der Waals surface area contributed by atoms with E-state index in [4.69, 9.17) is 9.84 Å². The molecule has 1 rings (SSSR count). The van der Waals surface area contributed by atoms with Crippen molar-refractivity contribution < 1.29 is 19.4 Å². The lowest BCUT2D eigenvalue weighted by Crippen LogP contribution is -2.04. The fourth-order valence-corrected chi connectivity index (χ4v) is 2.07. The van der Waals surface area contributed by atoms with Crippen LogP contribution in [0.1, 0.15) is 12.5 Å². The van der Waals surface area contributed by atoms with Gasteiger partial charge >= 0.3 is 11.9 Å². The molecule has 0 fully saturated rings. The van der Waals surface area contributed by atoms with Gasteiger partial charge in [0, 0.05) is 4.90 Å². The maximum Gasteiger partial charge on any atom is 0.344 e. The summed E-state index contributed by atoms with van der Waals surface area (Å²) in [5.74, 6) is -1.34. The molecule has 1 aromatic carbocycles. The number of thioether (sulfide) groups is 1. The number of esters is 1. The molecule has 4 nitrogen and oxygen atoms in total. The van der Waals surface area contributed by atoms with Crippen LogP contribution < -0.4 is 0 Å². The fraction of sp³-hybridized carbons (Fsp3) is 0.231. The number of hydrogen-bond acceptors (Lipinski definition) is 4. The van der Waals surface area contributed by atoms with Crippen LogP contribution in [0.25, 0.3) is 0 Å². The summed E-state index contributed by atoms with van der Waals surface area (Å²) < 4.78 is 4.82. The molecule has 18 heavy (non-hydrogen) atoms. The van der Waals surface area contributed by atoms with Gasteiger partial charge in [0.2, 0.25) is 0 Å². The second kappa shape index (κ2) is 6.86. The molecule has 0 aliphatic rings. The minimum absolute atomic E-state index is 0.0414. The van der Waals surface area contributed by atoms with E-state index in [0.29, 0.717) is 12.2 Å². The SMILES string of the molecule is C=C(Sc1cccc(CC(=O)O)c1)C(=O)OCC. The Balaban J connectivity index is 2.70. The van der Waals surface area contributed by atoms with E-state index in [9.17, 15) is 9.59 Å². The van der Waals surface area contributed by atoms with Crippen LogP contribution in [-0.2, 0) is 20.7 Å². The van der Waals surface area contributed by atoms with Gasteiger partial charge < -0.3 is 9.84 Å². The lowest BCUT2D eigenvalue weighted by atomic mass is 10.2. The minimum Gasteiger partial charge on any atom is -0.481 e. The molecule has 0 unspecified atom stereocenters. The molecule has 1 N–H and O–H groups in total. The second-order valence-corrected chi connectivity index (χ2v) is 4.63. The van der Waals surface area contributed by atoms with E-state index in [2.05, 4.69) is 6.58 Å². The Kier molecular flexibility index (Phi) is 5.45. The zero-order chi connectivity index (χ0) is 13.5. The van der Waals surface area contributed by atoms with E-state index in [1.807, 2.05) is 0 Å². The molecule has 0 aliphatic heterocycles. The normalized spacial score (nSPS) is 9.83. The third-order valence-electron chi connectivity index (χ3n) is 2.00. The van der Waals surface area contributed by atoms with Gasteiger partial charge in [-0.2, -0.15) is 0 Å². The van der Waals surface area contributed by atoms with Crippen molar-refractivity contribution in [2.24, 2.45) is 0 Å². The lowest BCUT2D eigenvalue weighted by Gasteiger charge is -2.06. The van der Waals surface area contributed by atoms with E-state index in [-0.39, 0.29) is 11.3 Å². The van der Waals surface area contributed by atoms with Gasteiger partial charge in [-0.3, -0.25) is 4.79 Å². The van der Waals surface area contributed by atoms with Crippen molar-refractivity contribution in [3.8, 4) is 0 Å². The highest BCUT2D eigenvalue weighted by Crippen LogP contribution is 2.26. The fourth-order valence-electron chi connectivity index (χ4n) is 1.29. The monoisotopic (exact) mass is 266 g/mol. The molecule has 0 saturated heterocycles. The third kappa shape index (κ3) is 4.63. The number of ether oxygens (including phenoxy) is 1. The number of benzene rings is 1. The van der Waals surface area contributed by atoms with Crippen molar-refractivity contribution in [2.75, 3.05) is 6.61 Å². The Morgan fingerprint density at radius 2 is 2.17 bits per heavy atom. The largest absolute Gasteiger partial charge is 0.481 e. The van der Waals surface area contributed by atoms with Gasteiger partial charge in [0.25, 0.3) is 0 Å². The summed E-state index contributed by atoms with van der Waals surface area (Å²) in [4.78, 5) is 23.0. The quantitative estimate of drug-likeness (QED) is 0.487. The van der Waals surface area contributed by atoms with E-state index in [0.717, 1.165) is 4.90 Å². The summed E-state index contributed by atoms with van der Waals surface area (Å²) in [6.07, 6.45) is -0.0414. The molecule has 0 aromatic heterocycles. The summed E-state index contributed by atoms with van der Waals surface area (Å²) in [5, 5.41) is 8.70. The summed E-state index contributed by atoms with van der Waals surface area (Å²) in [5.41, 5.74) is 0.684. The van der Waals surface area contributed by atoms with Gasteiger partial charge in [0.15, 0.2) is 0 Å². The molecule has 0 atom stereocenters. The van der Waals surface area contributed by atoms with Crippen molar-refractivity contribution in [3.05, 3.63) is 41.3 Å². The Labute approximate surface area is 110 Å². The molecule has 0 amide bonds. The van der Waals surface area contributed by atoms with Crippen LogP contribution in [0.5, 0.6) is 0 Å². The van der Waals surface area contributed by atoms with Gasteiger partial charge in [-0.1, -0.05) is 30.5 Å². The highest BCUT2D eigenvalue weighted by atomic mass is 32.2. The molecular weight excluding hydrogens is 252 g/mol. The van der Waals surface area contributed by atoms with Crippen molar-refractivity contribution in [2.45, 2.75) is 18.2 Å². The van der Waals surface area contributed by atoms with Gasteiger partial charge in [0.1, 0.15) is 0 Å². The van der Waals surface area contributed by atoms with Crippen LogP contribution >= 0.6 is 11.8 Å². The third-order valence-corrected chi connectivity index (χ3v) is 2.90. The predicted molar refractivity (Wildman–Crippen MR) is 69.4 cm³/mol. The number of rotatable bonds is 6. The number of aliphatic carboxylic acids is 1. The van der Waals surface area contributed by atoms with E-state index in [1.54, 1.807) is 31.2 Å². The van der Waals surface area contributed by atoms with Crippen molar-refractivity contribution in [1.82, 2.24) is 0 Å². The standard InChI is InChI=1S/C13H14O4S/c1-3-17-13(16)9(2)18-11-6-4-5-10(7-11)8-12(14)15/h4-7H,2-3,8H2,1H3,(H,14,15). The zero-order valence-electron chi connectivity index (χ0n) is 10.0. The van der Waals surface area contributed by atoms with Gasteiger partial charge in [-0.05, 0) is 24.6 Å². The lowest BCUT2D eigenvalue weighted by molar-refractivity contribution is -0.138. The first kappa shape index (κ1) is 14.3. The van der Waals surface area contributed by atoms with Crippen molar-refractivity contribution in [1.29, 1.82) is 0 Å². The zero-order valence-corrected chi connectivity index (χ0v) is 10.8. The van der Waals surface area contributed by atoms with Crippen LogP contribution in [0.2, 0.25) is 0 Å². The molecule has 0 aliphatic carbocycles. The average molecular weight is 266 g/mol. The van der Waals surface area contributed by atoms with Crippen LogP contribution in [-0.4, -0.2) is 23.7 Å². The Bertz CT molecular complexity index is 468. The van der Waals surface area contributed by atoms with Crippen molar-refractivity contribution in [3.63, 3.8) is 0 Å². The summed E-state index contributed by atoms with van der Waals surface area (Å²) in [6.45, 7) is 5.66. The smallest absolute Gasteiger partial charge is 0.344 e. The maximum absolute atomic E-state index is 11.4. The highest BCUT2D eigenvalue weighted by Gasteiger charge is 2.10. The van der Waals surface area contributed by atoms with Gasteiger partial charge in [-0.15, -0.1) is 0 Å². The number of carbonyl (C=O) groups excluding carboxylic acids is 1. The molecule has 0 radical (unpaired) electrons. The van der Waals surface area contributed by atoms with Crippen molar-refractivity contribution >= 4 is 23.7 Å². The summed E-state index contributed by atoms with van der Waals surface area (Å²) in [7, 11) is 0. The molecule has 0 heterocycles. The highest BCUT2D eigenvalue weighted by molar-refractivity contribution is 8.04. The first-order chi connectivity index (χ1) is 8.52. The minimum atomic E-state index is -0.888. The van der Waals surface area contributed by atoms with E-state index >= 15 is 0 Å². The molecule has 96 valence electrons. The number of carboxylic acid groups (broad SMARTS) is 1. The van der Waals surface area contributed by atoms with Crippen LogP contribution in [0, 0.1) is 0 Å². The van der Waals surface area contributed by atoms with Crippen LogP contribution in [0.15, 0.2) is 40.6 Å².